The van der Waals surface area contributed by atoms with Crippen molar-refractivity contribution in [1.29, 1.82) is 0 Å². The van der Waals surface area contributed by atoms with Crippen LogP contribution in [0.4, 0.5) is 24.8 Å². The van der Waals surface area contributed by atoms with E-state index in [1.807, 2.05) is 0 Å². The molecule has 4 rings (SSSR count). The highest BCUT2D eigenvalue weighted by Crippen LogP contribution is 2.38. The van der Waals surface area contributed by atoms with E-state index in [2.05, 4.69) is 25.3 Å². The van der Waals surface area contributed by atoms with Gasteiger partial charge in [0.05, 0.1) is 16.4 Å². The average Bonchev–Trinajstić information content (AvgIpc) is 3.24. The number of carbonyl (C=O) groups is 1. The summed E-state index contributed by atoms with van der Waals surface area (Å²) in [6, 6.07) is 3.77. The Morgan fingerprint density at radius 1 is 1.17 bits per heavy atom. The lowest BCUT2D eigenvalue weighted by atomic mass is 9.77. The zero-order chi connectivity index (χ0) is 21.4. The Morgan fingerprint density at radius 2 is 1.93 bits per heavy atom. The number of nitrogens with zero attached hydrogens (tertiary/aromatic N) is 4. The van der Waals surface area contributed by atoms with E-state index in [0.29, 0.717) is 43.2 Å². The van der Waals surface area contributed by atoms with Gasteiger partial charge in [0.15, 0.2) is 5.82 Å². The predicted octanol–water partition coefficient (Wildman–Crippen LogP) is 2.36. The predicted molar refractivity (Wildman–Crippen MR) is 104 cm³/mol. The van der Waals surface area contributed by atoms with Crippen molar-refractivity contribution in [2.75, 3.05) is 24.5 Å². The molecular formula is C19H20F3N7O. The molecule has 1 saturated heterocycles. The van der Waals surface area contributed by atoms with Gasteiger partial charge in [-0.2, -0.15) is 13.2 Å². The molecule has 0 spiro atoms. The number of alkyl halides is 3. The molecule has 0 aliphatic carbocycles. The van der Waals surface area contributed by atoms with E-state index in [9.17, 15) is 18.0 Å². The summed E-state index contributed by atoms with van der Waals surface area (Å²) >= 11 is 0. The summed E-state index contributed by atoms with van der Waals surface area (Å²) in [6.07, 6.45) is 0.117. The van der Waals surface area contributed by atoms with E-state index in [1.165, 1.54) is 17.3 Å². The molecule has 30 heavy (non-hydrogen) atoms. The Hall–Kier alpha value is -3.05. The van der Waals surface area contributed by atoms with Crippen LogP contribution < -0.4 is 16.0 Å². The topological polar surface area (TPSA) is 113 Å². The number of H-pyrrole nitrogens is 1. The van der Waals surface area contributed by atoms with Crippen LogP contribution in [0, 0.1) is 5.41 Å². The number of pyridine rings is 1. The molecule has 1 aliphatic heterocycles. The third-order valence-corrected chi connectivity index (χ3v) is 5.46. The van der Waals surface area contributed by atoms with Crippen molar-refractivity contribution >= 4 is 28.6 Å². The molecule has 3 aromatic heterocycles. The maximum Gasteiger partial charge on any atom is 0.417 e. The van der Waals surface area contributed by atoms with Gasteiger partial charge in [0.2, 0.25) is 5.91 Å². The highest BCUT2D eigenvalue weighted by molar-refractivity contribution is 6.07. The van der Waals surface area contributed by atoms with Crippen LogP contribution in [0.5, 0.6) is 0 Å². The van der Waals surface area contributed by atoms with E-state index >= 15 is 0 Å². The third-order valence-electron chi connectivity index (χ3n) is 5.46. The van der Waals surface area contributed by atoms with Crippen LogP contribution in [-0.2, 0) is 11.0 Å². The Bertz CT molecular complexity index is 1040. The van der Waals surface area contributed by atoms with Gasteiger partial charge in [0, 0.05) is 18.9 Å². The van der Waals surface area contributed by atoms with Crippen molar-refractivity contribution in [1.82, 2.24) is 25.3 Å². The van der Waals surface area contributed by atoms with Crippen LogP contribution in [0.3, 0.4) is 0 Å². The van der Waals surface area contributed by atoms with Gasteiger partial charge >= 0.3 is 6.18 Å². The van der Waals surface area contributed by atoms with Gasteiger partial charge in [0.1, 0.15) is 17.8 Å². The van der Waals surface area contributed by atoms with Crippen molar-refractivity contribution in [3.8, 4) is 0 Å². The number of fused-ring (bicyclic) bond motifs is 1. The number of amides is 1. The zero-order valence-electron chi connectivity index (χ0n) is 15.9. The lowest BCUT2D eigenvalue weighted by Gasteiger charge is -2.38. The fourth-order valence-corrected chi connectivity index (χ4v) is 3.68. The molecule has 4 heterocycles. The minimum Gasteiger partial charge on any atom is -0.346 e. The zero-order valence-corrected chi connectivity index (χ0v) is 15.9. The Morgan fingerprint density at radius 3 is 2.57 bits per heavy atom. The molecule has 1 fully saturated rings. The second kappa shape index (κ2) is 7.65. The number of hydrogen-bond acceptors (Lipinski definition) is 6. The minimum absolute atomic E-state index is 0.0422. The SMILES string of the molecule is NCC1(C(=O)N(c2ccc(C(F)(F)F)cn2)c2ncnc3[nH]ccc23)CCNCC1. The molecule has 0 bridgehead atoms. The number of anilines is 2. The van der Waals surface area contributed by atoms with Crippen molar-refractivity contribution in [2.24, 2.45) is 11.1 Å². The van der Waals surface area contributed by atoms with Gasteiger partial charge in [-0.05, 0) is 44.1 Å². The largest absolute Gasteiger partial charge is 0.417 e. The number of nitrogens with one attached hydrogen (secondary N) is 2. The van der Waals surface area contributed by atoms with E-state index in [1.54, 1.807) is 12.3 Å². The first kappa shape index (κ1) is 20.2. The molecule has 3 aromatic rings. The minimum atomic E-state index is -4.53. The summed E-state index contributed by atoms with van der Waals surface area (Å²) in [5.74, 6) is -0.0645. The van der Waals surface area contributed by atoms with Gasteiger partial charge in [-0.15, -0.1) is 0 Å². The van der Waals surface area contributed by atoms with E-state index < -0.39 is 17.2 Å². The fourth-order valence-electron chi connectivity index (χ4n) is 3.68. The molecule has 0 radical (unpaired) electrons. The van der Waals surface area contributed by atoms with E-state index in [4.69, 9.17) is 5.73 Å². The molecule has 1 amide bonds. The van der Waals surface area contributed by atoms with Gasteiger partial charge in [-0.1, -0.05) is 0 Å². The fraction of sp³-hybridized carbons (Fsp3) is 0.368. The summed E-state index contributed by atoms with van der Waals surface area (Å²) in [7, 11) is 0. The molecule has 0 atom stereocenters. The summed E-state index contributed by atoms with van der Waals surface area (Å²) in [5, 5.41) is 3.75. The molecule has 0 aromatic carbocycles. The summed E-state index contributed by atoms with van der Waals surface area (Å²) in [5.41, 5.74) is 4.75. The van der Waals surface area contributed by atoms with Crippen LogP contribution in [-0.4, -0.2) is 45.5 Å². The number of hydrogen-bond donors (Lipinski definition) is 3. The Labute approximate surface area is 169 Å². The number of rotatable bonds is 4. The highest BCUT2D eigenvalue weighted by atomic mass is 19.4. The smallest absolute Gasteiger partial charge is 0.346 e. The van der Waals surface area contributed by atoms with Gasteiger partial charge < -0.3 is 16.0 Å². The number of nitrogens with two attached hydrogens (primary N) is 1. The average molecular weight is 419 g/mol. The molecule has 8 nitrogen and oxygen atoms in total. The van der Waals surface area contributed by atoms with Crippen molar-refractivity contribution in [3.63, 3.8) is 0 Å². The second-order valence-electron chi connectivity index (χ2n) is 7.22. The maximum atomic E-state index is 13.8. The number of piperidine rings is 1. The quantitative estimate of drug-likeness (QED) is 0.599. The molecular weight excluding hydrogens is 399 g/mol. The molecule has 11 heteroatoms. The molecule has 0 unspecified atom stereocenters. The summed E-state index contributed by atoms with van der Waals surface area (Å²) in [4.78, 5) is 30.3. The number of aromatic nitrogens is 4. The van der Waals surface area contributed by atoms with Crippen molar-refractivity contribution < 1.29 is 18.0 Å². The van der Waals surface area contributed by atoms with Crippen LogP contribution >= 0.6 is 0 Å². The van der Waals surface area contributed by atoms with Crippen LogP contribution in [0.15, 0.2) is 36.9 Å². The molecule has 158 valence electrons. The van der Waals surface area contributed by atoms with Gasteiger partial charge in [-0.25, -0.2) is 19.9 Å². The first-order valence-electron chi connectivity index (χ1n) is 9.42. The van der Waals surface area contributed by atoms with Crippen LogP contribution in [0.2, 0.25) is 0 Å². The normalized spacial score (nSPS) is 16.5. The van der Waals surface area contributed by atoms with Gasteiger partial charge in [-0.3, -0.25) is 4.79 Å². The summed E-state index contributed by atoms with van der Waals surface area (Å²) in [6.45, 7) is 1.33. The number of aromatic amines is 1. The van der Waals surface area contributed by atoms with E-state index in [-0.39, 0.29) is 24.1 Å². The monoisotopic (exact) mass is 419 g/mol. The van der Waals surface area contributed by atoms with Gasteiger partial charge in [0.25, 0.3) is 0 Å². The molecule has 1 aliphatic rings. The third kappa shape index (κ3) is 3.50. The standard InChI is InChI=1S/C19H20F3N7O/c20-19(21,22)12-1-2-14(26-9-12)29(16-13-3-6-25-15(13)27-11-28-16)17(30)18(10-23)4-7-24-8-5-18/h1-3,6,9,11,24H,4-5,7-8,10,23H2,(H,25,27,28). The van der Waals surface area contributed by atoms with Crippen LogP contribution in [0.1, 0.15) is 18.4 Å². The molecule has 4 N–H and O–H groups in total. The van der Waals surface area contributed by atoms with Crippen molar-refractivity contribution in [2.45, 2.75) is 19.0 Å². The number of carbonyl (C=O) groups excluding carboxylic acids is 1. The second-order valence-corrected chi connectivity index (χ2v) is 7.22. The Balaban J connectivity index is 1.85. The molecule has 0 saturated carbocycles. The highest BCUT2D eigenvalue weighted by Gasteiger charge is 2.43. The lowest BCUT2D eigenvalue weighted by Crippen LogP contribution is -2.52. The first-order chi connectivity index (χ1) is 14.4. The lowest BCUT2D eigenvalue weighted by molar-refractivity contribution is -0.137. The van der Waals surface area contributed by atoms with E-state index in [0.717, 1.165) is 6.07 Å². The Kier molecular flexibility index (Phi) is 5.16. The summed E-state index contributed by atoms with van der Waals surface area (Å²) < 4.78 is 39.0. The first-order valence-corrected chi connectivity index (χ1v) is 9.42. The van der Waals surface area contributed by atoms with Crippen LogP contribution in [0.25, 0.3) is 11.0 Å². The maximum absolute atomic E-state index is 13.8. The number of halogens is 3. The van der Waals surface area contributed by atoms with Crippen molar-refractivity contribution in [3.05, 3.63) is 42.5 Å².